The van der Waals surface area contributed by atoms with Crippen LogP contribution in [0.4, 0.5) is 22.7 Å². The predicted molar refractivity (Wildman–Crippen MR) is 128 cm³/mol. The molecule has 0 saturated heterocycles. The second-order valence-corrected chi connectivity index (χ2v) is 7.89. The van der Waals surface area contributed by atoms with E-state index < -0.39 is 11.8 Å². The first kappa shape index (κ1) is 24.9. The molecule has 0 spiro atoms. The zero-order valence-electron chi connectivity index (χ0n) is 19.1. The highest BCUT2D eigenvalue weighted by Crippen LogP contribution is 2.33. The molecule has 4 amide bonds. The molecule has 2 aromatic carbocycles. The number of phenolic OH excluding ortho intramolecular Hbond substituents is 2. The molecular formula is C23H26N6O6+2. The van der Waals surface area contributed by atoms with Gasteiger partial charge >= 0.3 is 6.34 Å². The van der Waals surface area contributed by atoms with Crippen molar-refractivity contribution in [3.63, 3.8) is 0 Å². The lowest BCUT2D eigenvalue weighted by molar-refractivity contribution is -0.770. The number of amides is 4. The number of benzene rings is 2. The summed E-state index contributed by atoms with van der Waals surface area (Å²) in [4.78, 5) is 51.5. The molecule has 2 aromatic rings. The molecule has 0 atom stereocenters. The lowest BCUT2D eigenvalue weighted by atomic mass is 10.2. The number of anilines is 4. The Balaban J connectivity index is 1.75. The van der Waals surface area contributed by atoms with Crippen molar-refractivity contribution in [1.29, 1.82) is 0 Å². The maximum absolute atomic E-state index is 12.9. The predicted octanol–water partition coefficient (Wildman–Crippen LogP) is 0.00230. The van der Waals surface area contributed by atoms with Gasteiger partial charge in [0.2, 0.25) is 18.0 Å². The van der Waals surface area contributed by atoms with Crippen molar-refractivity contribution in [2.75, 3.05) is 34.4 Å². The molecule has 0 fully saturated rings. The fraction of sp³-hybridized carbons (Fsp3) is 0.174. The molecule has 0 saturated carbocycles. The summed E-state index contributed by atoms with van der Waals surface area (Å²) in [7, 11) is 0. The highest BCUT2D eigenvalue weighted by Gasteiger charge is 2.37. The molecule has 1 heterocycles. The molecule has 0 aromatic heterocycles. The Labute approximate surface area is 200 Å². The largest absolute Gasteiger partial charge is 0.506 e. The highest BCUT2D eigenvalue weighted by molar-refractivity contribution is 6.03. The first-order chi connectivity index (χ1) is 16.6. The van der Waals surface area contributed by atoms with Crippen LogP contribution in [-0.4, -0.2) is 57.8 Å². The topological polar surface area (TPSA) is 171 Å². The Morgan fingerprint density at radius 1 is 0.771 bits per heavy atom. The minimum Gasteiger partial charge on any atom is -0.506 e. The lowest BCUT2D eigenvalue weighted by Gasteiger charge is -2.24. The van der Waals surface area contributed by atoms with E-state index in [1.807, 2.05) is 0 Å². The van der Waals surface area contributed by atoms with Gasteiger partial charge in [0.25, 0.3) is 11.8 Å². The maximum Gasteiger partial charge on any atom is 0.336 e. The second-order valence-electron chi connectivity index (χ2n) is 7.89. The van der Waals surface area contributed by atoms with E-state index in [9.17, 15) is 29.4 Å². The highest BCUT2D eigenvalue weighted by atomic mass is 16.3. The third kappa shape index (κ3) is 6.42. The first-order valence-corrected chi connectivity index (χ1v) is 10.5. The summed E-state index contributed by atoms with van der Waals surface area (Å²) in [6.45, 7) is 2.13. The summed E-state index contributed by atoms with van der Waals surface area (Å²) in [5.74, 6) is -2.33. The maximum atomic E-state index is 12.9. The molecular weight excluding hydrogens is 456 g/mol. The van der Waals surface area contributed by atoms with Crippen molar-refractivity contribution in [3.05, 3.63) is 48.8 Å². The van der Waals surface area contributed by atoms with Crippen LogP contribution in [-0.2, 0) is 19.2 Å². The Bertz CT molecular complexity index is 1140. The molecule has 1 aliphatic heterocycles. The minimum absolute atomic E-state index is 0.0283. The number of aromatic hydroxyl groups is 2. The first-order valence-electron chi connectivity index (χ1n) is 10.5. The van der Waals surface area contributed by atoms with E-state index >= 15 is 0 Å². The van der Waals surface area contributed by atoms with Crippen molar-refractivity contribution in [2.45, 2.75) is 13.8 Å². The molecule has 7 N–H and O–H groups in total. The number of rotatable bonds is 8. The molecule has 0 bridgehead atoms. The molecule has 12 nitrogen and oxygen atoms in total. The molecule has 3 rings (SSSR count). The number of carbonyl (C=O) groups excluding carboxylic acids is 4. The fourth-order valence-corrected chi connectivity index (χ4v) is 3.50. The van der Waals surface area contributed by atoms with Crippen LogP contribution in [0.15, 0.2) is 48.8 Å². The van der Waals surface area contributed by atoms with Crippen LogP contribution in [0, 0.1) is 0 Å². The van der Waals surface area contributed by atoms with E-state index in [0.717, 1.165) is 0 Å². The monoisotopic (exact) mass is 482 g/mol. The van der Waals surface area contributed by atoms with Gasteiger partial charge in [-0.05, 0) is 24.3 Å². The summed E-state index contributed by atoms with van der Waals surface area (Å²) in [6.07, 6.45) is 4.68. The van der Waals surface area contributed by atoms with Crippen LogP contribution >= 0.6 is 0 Å². The number of carbonyl (C=O) groups is 4. The van der Waals surface area contributed by atoms with E-state index in [1.165, 1.54) is 56.6 Å². The van der Waals surface area contributed by atoms with Gasteiger partial charge in [0.15, 0.2) is 19.3 Å². The number of nitrogens with one attached hydrogen (secondary N) is 5. The quantitative estimate of drug-likeness (QED) is 0.206. The van der Waals surface area contributed by atoms with Gasteiger partial charge in [0.05, 0.1) is 11.4 Å². The Hall–Kier alpha value is -4.71. The van der Waals surface area contributed by atoms with Gasteiger partial charge in [-0.15, -0.1) is 0 Å². The summed E-state index contributed by atoms with van der Waals surface area (Å²) >= 11 is 0. The van der Waals surface area contributed by atoms with Crippen LogP contribution in [0.3, 0.4) is 0 Å². The van der Waals surface area contributed by atoms with Gasteiger partial charge in [0, 0.05) is 13.8 Å². The molecule has 0 unspecified atom stereocenters. The van der Waals surface area contributed by atoms with Crippen LogP contribution in [0.1, 0.15) is 13.8 Å². The molecule has 35 heavy (non-hydrogen) atoms. The van der Waals surface area contributed by atoms with E-state index in [1.54, 1.807) is 12.4 Å². The zero-order valence-corrected chi connectivity index (χ0v) is 19.1. The number of hydrogen-bond donors (Lipinski definition) is 7. The van der Waals surface area contributed by atoms with Crippen molar-refractivity contribution in [1.82, 2.24) is 0 Å². The van der Waals surface area contributed by atoms with Gasteiger partial charge in [-0.1, -0.05) is 12.1 Å². The molecule has 0 aliphatic carbocycles. The van der Waals surface area contributed by atoms with Crippen LogP contribution in [0.2, 0.25) is 0 Å². The SMILES string of the molecule is CC(=O)Nc1cccc(O)c1NC(=O)C[N+]1(CC(=O)Nc2c(O)cccc2NC(C)=O)C=C[NH+]=C1. The number of phenols is 2. The fourth-order valence-electron chi connectivity index (χ4n) is 3.50. The number of para-hydroxylation sites is 2. The van der Waals surface area contributed by atoms with Crippen LogP contribution in [0.5, 0.6) is 11.5 Å². The van der Waals surface area contributed by atoms with Gasteiger partial charge in [0.1, 0.15) is 22.9 Å². The van der Waals surface area contributed by atoms with Crippen LogP contribution in [0.25, 0.3) is 0 Å². The molecule has 0 radical (unpaired) electrons. The van der Waals surface area contributed by atoms with Gasteiger partial charge < -0.3 is 31.5 Å². The number of nitrogens with zero attached hydrogens (tertiary/aromatic N) is 1. The van der Waals surface area contributed by atoms with Crippen molar-refractivity contribution < 1.29 is 38.9 Å². The van der Waals surface area contributed by atoms with Gasteiger partial charge in [-0.2, -0.15) is 9.48 Å². The number of quaternary nitrogens is 1. The lowest BCUT2D eigenvalue weighted by Crippen LogP contribution is -2.64. The molecule has 1 aliphatic rings. The summed E-state index contributed by atoms with van der Waals surface area (Å²) < 4.78 is -0.232. The second kappa shape index (κ2) is 10.5. The summed E-state index contributed by atoms with van der Waals surface area (Å²) in [5.41, 5.74) is 0.500. The van der Waals surface area contributed by atoms with Crippen molar-refractivity contribution >= 4 is 52.7 Å². The number of hydrogen-bond acceptors (Lipinski definition) is 6. The third-order valence-electron chi connectivity index (χ3n) is 4.91. The zero-order chi connectivity index (χ0) is 25.6. The van der Waals surface area contributed by atoms with Crippen LogP contribution < -0.4 is 26.3 Å². The smallest absolute Gasteiger partial charge is 0.336 e. The normalized spacial score (nSPS) is 13.2. The average Bonchev–Trinajstić information content (AvgIpc) is 3.20. The third-order valence-corrected chi connectivity index (χ3v) is 4.91. The molecule has 12 heteroatoms. The van der Waals surface area contributed by atoms with Gasteiger partial charge in [-0.3, -0.25) is 19.2 Å². The minimum atomic E-state index is -0.544. The summed E-state index contributed by atoms with van der Waals surface area (Å²) in [5, 5.41) is 30.6. The van der Waals surface area contributed by atoms with Crippen molar-refractivity contribution in [3.8, 4) is 11.5 Å². The standard InChI is InChI=1S/C23H24N6O6/c1-14(30)25-16-5-3-7-18(32)22(16)27-20(34)11-29(10-9-24-13-29)12-21(35)28-23-17(26-15(2)31)6-4-8-19(23)33/h3-10,13H,11-12H2,1-2H3,(H5-,25,26,27,28,30,31,32,33,34,35)/p+2. The van der Waals surface area contributed by atoms with E-state index in [4.69, 9.17) is 0 Å². The van der Waals surface area contributed by atoms with E-state index in [0.29, 0.717) is 0 Å². The Morgan fingerprint density at radius 3 is 1.60 bits per heavy atom. The average molecular weight is 482 g/mol. The summed E-state index contributed by atoms with van der Waals surface area (Å²) in [6, 6.07) is 8.81. The van der Waals surface area contributed by atoms with E-state index in [2.05, 4.69) is 26.3 Å². The Morgan fingerprint density at radius 2 is 1.23 bits per heavy atom. The molecule has 182 valence electrons. The Kier molecular flexibility index (Phi) is 7.46. The van der Waals surface area contributed by atoms with Gasteiger partial charge in [-0.25, -0.2) is 0 Å². The van der Waals surface area contributed by atoms with E-state index in [-0.39, 0.29) is 63.6 Å². The van der Waals surface area contributed by atoms with Crippen molar-refractivity contribution in [2.24, 2.45) is 0 Å².